The summed E-state index contributed by atoms with van der Waals surface area (Å²) in [5.74, 6) is -6.40. The Bertz CT molecular complexity index is 623. The predicted molar refractivity (Wildman–Crippen MR) is 72.2 cm³/mol. The maximum absolute atomic E-state index is 13.7. The van der Waals surface area contributed by atoms with Gasteiger partial charge in [0.05, 0.1) is 6.54 Å². The van der Waals surface area contributed by atoms with Crippen molar-refractivity contribution in [2.75, 3.05) is 13.1 Å². The summed E-state index contributed by atoms with van der Waals surface area (Å²) in [6.45, 7) is -1.85. The number of carbonyl (C=O) groups is 2. The van der Waals surface area contributed by atoms with Gasteiger partial charge < -0.3 is 14.9 Å². The third kappa shape index (κ3) is 4.78. The Labute approximate surface area is 138 Å². The van der Waals surface area contributed by atoms with Gasteiger partial charge in [0.25, 0.3) is 5.92 Å². The second-order valence-corrected chi connectivity index (χ2v) is 5.15. The van der Waals surface area contributed by atoms with Gasteiger partial charge in [-0.25, -0.2) is 18.4 Å². The first-order chi connectivity index (χ1) is 11.6. The molecule has 2 rings (SSSR count). The number of hydroxylamine groups is 2. The largest absolute Gasteiger partial charge is 0.493 e. The zero-order chi connectivity index (χ0) is 18.7. The van der Waals surface area contributed by atoms with Crippen molar-refractivity contribution in [3.63, 3.8) is 0 Å². The summed E-state index contributed by atoms with van der Waals surface area (Å²) in [7, 11) is 0. The zero-order valence-corrected chi connectivity index (χ0v) is 12.6. The molecule has 25 heavy (non-hydrogen) atoms. The number of halogens is 5. The number of ether oxygens (including phenoxy) is 1. The van der Waals surface area contributed by atoms with Gasteiger partial charge in [0.15, 0.2) is 6.04 Å². The molecule has 0 spiro atoms. The van der Waals surface area contributed by atoms with Crippen LogP contribution in [0.4, 0.5) is 26.7 Å². The normalized spacial score (nSPS) is 19.3. The summed E-state index contributed by atoms with van der Waals surface area (Å²) in [6.07, 6.45) is -7.09. The molecule has 138 valence electrons. The van der Waals surface area contributed by atoms with Crippen molar-refractivity contribution in [3.8, 4) is 0 Å². The molecular formula is C14H13F5N2O4. The Morgan fingerprint density at radius 1 is 1.24 bits per heavy atom. The summed E-state index contributed by atoms with van der Waals surface area (Å²) < 4.78 is 69.2. The van der Waals surface area contributed by atoms with E-state index >= 15 is 0 Å². The SMILES string of the molecule is O=C(OCc1ccccc1)N(OC(=O)C(F)(F)F)C1CNCC1(F)F. The van der Waals surface area contributed by atoms with E-state index in [1.54, 1.807) is 30.3 Å². The van der Waals surface area contributed by atoms with Gasteiger partial charge in [0.1, 0.15) is 6.61 Å². The van der Waals surface area contributed by atoms with Crippen molar-refractivity contribution in [1.82, 2.24) is 10.4 Å². The van der Waals surface area contributed by atoms with Crippen molar-refractivity contribution in [2.24, 2.45) is 0 Å². The predicted octanol–water partition coefficient (Wildman–Crippen LogP) is 2.25. The number of hydrogen-bond donors (Lipinski definition) is 1. The van der Waals surface area contributed by atoms with Gasteiger partial charge in [-0.15, -0.1) is 5.06 Å². The van der Waals surface area contributed by atoms with E-state index in [9.17, 15) is 31.5 Å². The molecule has 0 radical (unpaired) electrons. The summed E-state index contributed by atoms with van der Waals surface area (Å²) in [5, 5.41) is 1.85. The molecule has 11 heteroatoms. The summed E-state index contributed by atoms with van der Waals surface area (Å²) in [4.78, 5) is 26.8. The topological polar surface area (TPSA) is 67.9 Å². The molecule has 1 heterocycles. The van der Waals surface area contributed by atoms with Crippen molar-refractivity contribution < 1.29 is 41.1 Å². The molecule has 1 N–H and O–H groups in total. The Morgan fingerprint density at radius 2 is 1.88 bits per heavy atom. The van der Waals surface area contributed by atoms with Crippen LogP contribution >= 0.6 is 0 Å². The Balaban J connectivity index is 2.12. The lowest BCUT2D eigenvalue weighted by Gasteiger charge is -2.29. The van der Waals surface area contributed by atoms with Crippen molar-refractivity contribution >= 4 is 12.1 Å². The fourth-order valence-corrected chi connectivity index (χ4v) is 2.05. The van der Waals surface area contributed by atoms with E-state index in [0.29, 0.717) is 5.56 Å². The lowest BCUT2D eigenvalue weighted by molar-refractivity contribution is -0.247. The molecule has 0 saturated carbocycles. The number of hydrogen-bond acceptors (Lipinski definition) is 5. The van der Waals surface area contributed by atoms with Crippen LogP contribution in [0.2, 0.25) is 0 Å². The van der Waals surface area contributed by atoms with Crippen LogP contribution in [0.25, 0.3) is 0 Å². The van der Waals surface area contributed by atoms with E-state index in [1.807, 2.05) is 0 Å². The highest BCUT2D eigenvalue weighted by molar-refractivity contribution is 5.78. The van der Waals surface area contributed by atoms with Crippen molar-refractivity contribution in [3.05, 3.63) is 35.9 Å². The number of nitrogens with one attached hydrogen (secondary N) is 1. The molecule has 1 unspecified atom stereocenters. The fourth-order valence-electron chi connectivity index (χ4n) is 2.05. The number of rotatable bonds is 3. The average Bonchev–Trinajstić information content (AvgIpc) is 2.89. The first-order valence-electron chi connectivity index (χ1n) is 6.99. The lowest BCUT2D eigenvalue weighted by atomic mass is 10.2. The monoisotopic (exact) mass is 368 g/mol. The molecule has 1 aromatic rings. The van der Waals surface area contributed by atoms with Crippen LogP contribution in [0, 0.1) is 0 Å². The molecule has 6 nitrogen and oxygen atoms in total. The van der Waals surface area contributed by atoms with Crippen molar-refractivity contribution in [2.45, 2.75) is 24.7 Å². The van der Waals surface area contributed by atoms with Gasteiger partial charge in [0.2, 0.25) is 0 Å². The fraction of sp³-hybridized carbons (Fsp3) is 0.429. The lowest BCUT2D eigenvalue weighted by Crippen LogP contribution is -2.52. The van der Waals surface area contributed by atoms with Crippen LogP contribution < -0.4 is 5.32 Å². The molecule has 1 atom stereocenters. The Morgan fingerprint density at radius 3 is 2.40 bits per heavy atom. The standard InChI is InChI=1S/C14H13F5N2O4/c15-13(16)8-20-6-10(13)21(25-11(22)14(17,18)19)12(23)24-7-9-4-2-1-3-5-9/h1-5,10,20H,6-8H2. The van der Waals surface area contributed by atoms with Gasteiger partial charge in [-0.05, 0) is 5.56 Å². The van der Waals surface area contributed by atoms with E-state index in [4.69, 9.17) is 4.74 Å². The van der Waals surface area contributed by atoms with E-state index < -0.39 is 49.9 Å². The first kappa shape index (κ1) is 18.9. The van der Waals surface area contributed by atoms with Gasteiger partial charge >= 0.3 is 18.2 Å². The van der Waals surface area contributed by atoms with Gasteiger partial charge in [-0.2, -0.15) is 13.2 Å². The highest BCUT2D eigenvalue weighted by Crippen LogP contribution is 2.29. The molecule has 0 aromatic heterocycles. The first-order valence-corrected chi connectivity index (χ1v) is 6.99. The van der Waals surface area contributed by atoms with E-state index in [2.05, 4.69) is 10.2 Å². The van der Waals surface area contributed by atoms with Crippen LogP contribution in [0.5, 0.6) is 0 Å². The second kappa shape index (κ2) is 7.21. The van der Waals surface area contributed by atoms with E-state index in [1.165, 1.54) is 0 Å². The molecule has 0 aliphatic carbocycles. The highest BCUT2D eigenvalue weighted by atomic mass is 19.4. The van der Waals surface area contributed by atoms with E-state index in [-0.39, 0.29) is 5.06 Å². The molecule has 0 bridgehead atoms. The number of amides is 1. The number of nitrogens with zero attached hydrogens (tertiary/aromatic N) is 1. The van der Waals surface area contributed by atoms with Gasteiger partial charge in [0, 0.05) is 6.54 Å². The van der Waals surface area contributed by atoms with Crippen LogP contribution in [0.15, 0.2) is 30.3 Å². The smallest absolute Gasteiger partial charge is 0.442 e. The highest BCUT2D eigenvalue weighted by Gasteiger charge is 2.53. The minimum atomic E-state index is -5.46. The third-order valence-electron chi connectivity index (χ3n) is 3.27. The third-order valence-corrected chi connectivity index (χ3v) is 3.27. The molecule has 1 aliphatic heterocycles. The van der Waals surface area contributed by atoms with Crippen LogP contribution in [0.1, 0.15) is 5.56 Å². The quantitative estimate of drug-likeness (QED) is 0.655. The molecule has 1 saturated heterocycles. The van der Waals surface area contributed by atoms with Gasteiger partial charge in [-0.1, -0.05) is 30.3 Å². The van der Waals surface area contributed by atoms with Crippen LogP contribution in [-0.4, -0.2) is 48.4 Å². The summed E-state index contributed by atoms with van der Waals surface area (Å²) in [6, 6.07) is 5.87. The van der Waals surface area contributed by atoms with Gasteiger partial charge in [-0.3, -0.25) is 0 Å². The van der Waals surface area contributed by atoms with Crippen LogP contribution in [-0.2, 0) is 21.0 Å². The van der Waals surface area contributed by atoms with Crippen LogP contribution in [0.3, 0.4) is 0 Å². The molecule has 1 fully saturated rings. The summed E-state index contributed by atoms with van der Waals surface area (Å²) in [5.41, 5.74) is 0.467. The molecular weight excluding hydrogens is 355 g/mol. The van der Waals surface area contributed by atoms with E-state index in [0.717, 1.165) is 0 Å². The van der Waals surface area contributed by atoms with Crippen molar-refractivity contribution in [1.29, 1.82) is 0 Å². The number of benzene rings is 1. The maximum Gasteiger partial charge on any atom is 0.493 e. The minimum Gasteiger partial charge on any atom is -0.442 e. The average molecular weight is 368 g/mol. The molecule has 1 aliphatic rings. The second-order valence-electron chi connectivity index (χ2n) is 5.15. The number of alkyl halides is 5. The number of carbonyl (C=O) groups excluding carboxylic acids is 2. The Kier molecular flexibility index (Phi) is 5.45. The zero-order valence-electron chi connectivity index (χ0n) is 12.6. The maximum atomic E-state index is 13.7. The summed E-state index contributed by atoms with van der Waals surface area (Å²) >= 11 is 0. The minimum absolute atomic E-state index is 0.362. The molecule has 1 aromatic carbocycles. The molecule has 1 amide bonds. The Hall–Kier alpha value is -2.43.